The fourth-order valence-corrected chi connectivity index (χ4v) is 5.17. The van der Waals surface area contributed by atoms with Gasteiger partial charge in [0.05, 0.1) is 11.9 Å². The molecule has 1 atom stereocenters. The molecule has 1 fully saturated rings. The minimum absolute atomic E-state index is 0.705. The van der Waals surface area contributed by atoms with Gasteiger partial charge in [0, 0.05) is 47.3 Å². The molecule has 0 amide bonds. The Kier molecular flexibility index (Phi) is 3.98. The summed E-state index contributed by atoms with van der Waals surface area (Å²) in [6.45, 7) is 4.64. The van der Waals surface area contributed by atoms with Crippen LogP contribution in [0.15, 0.2) is 40.9 Å². The molecule has 5 nitrogen and oxygen atoms in total. The van der Waals surface area contributed by atoms with E-state index in [4.69, 9.17) is 9.40 Å². The first-order valence-electron chi connectivity index (χ1n) is 10.9. The van der Waals surface area contributed by atoms with Crippen LogP contribution in [0.5, 0.6) is 0 Å². The van der Waals surface area contributed by atoms with Crippen LogP contribution in [0, 0.1) is 0 Å². The third-order valence-electron chi connectivity index (χ3n) is 6.74. The van der Waals surface area contributed by atoms with E-state index in [0.29, 0.717) is 6.04 Å². The standard InChI is InChI=1S/C24H26N4O/c1-16-4-3-12-27(16)13-10-19-15-18-14-17(7-8-22(18)29-19)24-20-5-2-6-21(20)26-23-9-11-25-28(23)24/h7-9,11,14-16H,2-6,10,12-13H2,1H3. The van der Waals surface area contributed by atoms with Crippen LogP contribution in [-0.2, 0) is 19.3 Å². The third-order valence-corrected chi connectivity index (χ3v) is 6.74. The summed E-state index contributed by atoms with van der Waals surface area (Å²) in [4.78, 5) is 7.39. The minimum atomic E-state index is 0.705. The predicted molar refractivity (Wildman–Crippen MR) is 114 cm³/mol. The number of nitrogens with zero attached hydrogens (tertiary/aromatic N) is 4. The second kappa shape index (κ2) is 6.70. The molecule has 0 spiro atoms. The molecule has 1 aliphatic carbocycles. The summed E-state index contributed by atoms with van der Waals surface area (Å²) in [6, 6.07) is 11.5. The molecule has 2 aliphatic rings. The molecule has 4 aromatic rings. The molecule has 3 aromatic heterocycles. The Hall–Kier alpha value is -2.66. The van der Waals surface area contributed by atoms with Gasteiger partial charge in [0.15, 0.2) is 5.65 Å². The average Bonchev–Trinajstić information content (AvgIpc) is 3.50. The lowest BCUT2D eigenvalue weighted by molar-refractivity contribution is 0.266. The molecular formula is C24H26N4O. The van der Waals surface area contributed by atoms with Gasteiger partial charge in [-0.1, -0.05) is 0 Å². The Balaban J connectivity index is 1.36. The van der Waals surface area contributed by atoms with E-state index < -0.39 is 0 Å². The van der Waals surface area contributed by atoms with E-state index in [-0.39, 0.29) is 0 Å². The molecular weight excluding hydrogens is 360 g/mol. The van der Waals surface area contributed by atoms with Gasteiger partial charge in [0.1, 0.15) is 11.3 Å². The molecule has 1 unspecified atom stereocenters. The van der Waals surface area contributed by atoms with Crippen molar-refractivity contribution in [1.29, 1.82) is 0 Å². The van der Waals surface area contributed by atoms with Crippen molar-refractivity contribution in [2.75, 3.05) is 13.1 Å². The van der Waals surface area contributed by atoms with Gasteiger partial charge in [-0.15, -0.1) is 0 Å². The van der Waals surface area contributed by atoms with Crippen LogP contribution >= 0.6 is 0 Å². The highest BCUT2D eigenvalue weighted by atomic mass is 16.3. The van der Waals surface area contributed by atoms with Crippen LogP contribution in [0.3, 0.4) is 0 Å². The maximum absolute atomic E-state index is 6.16. The van der Waals surface area contributed by atoms with Crippen molar-refractivity contribution in [2.45, 2.75) is 51.5 Å². The van der Waals surface area contributed by atoms with Gasteiger partial charge in [-0.25, -0.2) is 9.50 Å². The van der Waals surface area contributed by atoms with Crippen molar-refractivity contribution < 1.29 is 4.42 Å². The number of rotatable bonds is 4. The van der Waals surface area contributed by atoms with Crippen molar-refractivity contribution in [3.05, 3.63) is 53.5 Å². The lowest BCUT2D eigenvalue weighted by atomic mass is 10.0. The molecule has 0 radical (unpaired) electrons. The number of likely N-dealkylation sites (tertiary alicyclic amines) is 1. The number of benzene rings is 1. The second-order valence-electron chi connectivity index (χ2n) is 8.58. The SMILES string of the molecule is CC1CCCN1CCc1cc2cc(-c3c4c(nc5ccnn35)CCC4)ccc2o1. The van der Waals surface area contributed by atoms with Crippen molar-refractivity contribution in [2.24, 2.45) is 0 Å². The summed E-state index contributed by atoms with van der Waals surface area (Å²) < 4.78 is 8.16. The molecule has 0 saturated carbocycles. The fourth-order valence-electron chi connectivity index (χ4n) is 5.17. The van der Waals surface area contributed by atoms with E-state index in [9.17, 15) is 0 Å². The zero-order chi connectivity index (χ0) is 19.4. The van der Waals surface area contributed by atoms with Crippen LogP contribution in [0.2, 0.25) is 0 Å². The largest absolute Gasteiger partial charge is 0.461 e. The number of aromatic nitrogens is 3. The monoisotopic (exact) mass is 386 g/mol. The Labute approximate surface area is 170 Å². The van der Waals surface area contributed by atoms with E-state index in [1.807, 2.05) is 16.8 Å². The van der Waals surface area contributed by atoms with Gasteiger partial charge in [0.2, 0.25) is 0 Å². The van der Waals surface area contributed by atoms with Gasteiger partial charge in [-0.05, 0) is 69.8 Å². The Morgan fingerprint density at radius 2 is 2.10 bits per heavy atom. The Morgan fingerprint density at radius 3 is 3.00 bits per heavy atom. The normalized spacial score (nSPS) is 19.6. The zero-order valence-corrected chi connectivity index (χ0v) is 16.9. The molecule has 4 heterocycles. The van der Waals surface area contributed by atoms with E-state index in [2.05, 4.69) is 41.2 Å². The smallest absolute Gasteiger partial charge is 0.155 e. The summed E-state index contributed by atoms with van der Waals surface area (Å²) in [5, 5.41) is 5.74. The average molecular weight is 386 g/mol. The highest BCUT2D eigenvalue weighted by Crippen LogP contribution is 2.34. The van der Waals surface area contributed by atoms with Crippen molar-refractivity contribution in [3.8, 4) is 11.3 Å². The topological polar surface area (TPSA) is 46.6 Å². The predicted octanol–water partition coefficient (Wildman–Crippen LogP) is 4.66. The molecule has 1 saturated heterocycles. The molecule has 1 aliphatic heterocycles. The van der Waals surface area contributed by atoms with E-state index in [0.717, 1.165) is 42.8 Å². The fraction of sp³-hybridized carbons (Fsp3) is 0.417. The van der Waals surface area contributed by atoms with Gasteiger partial charge >= 0.3 is 0 Å². The Bertz CT molecular complexity index is 1200. The van der Waals surface area contributed by atoms with Crippen LogP contribution in [0.4, 0.5) is 0 Å². The lowest BCUT2D eigenvalue weighted by Gasteiger charge is -2.19. The summed E-state index contributed by atoms with van der Waals surface area (Å²) in [6.07, 6.45) is 8.78. The number of furan rings is 1. The van der Waals surface area contributed by atoms with Gasteiger partial charge in [0.25, 0.3) is 0 Å². The van der Waals surface area contributed by atoms with Gasteiger partial charge in [-0.3, -0.25) is 0 Å². The molecule has 1 aromatic carbocycles. The number of fused-ring (bicyclic) bond motifs is 3. The van der Waals surface area contributed by atoms with E-state index >= 15 is 0 Å². The van der Waals surface area contributed by atoms with Crippen LogP contribution in [0.25, 0.3) is 27.9 Å². The van der Waals surface area contributed by atoms with E-state index in [1.165, 1.54) is 53.7 Å². The second-order valence-corrected chi connectivity index (χ2v) is 8.58. The molecule has 29 heavy (non-hydrogen) atoms. The molecule has 5 heteroatoms. The Morgan fingerprint density at radius 1 is 1.14 bits per heavy atom. The zero-order valence-electron chi connectivity index (χ0n) is 16.9. The first kappa shape index (κ1) is 17.2. The maximum atomic E-state index is 6.16. The highest BCUT2D eigenvalue weighted by Gasteiger charge is 2.22. The summed E-state index contributed by atoms with van der Waals surface area (Å²) in [5.41, 5.74) is 6.90. The van der Waals surface area contributed by atoms with Gasteiger partial charge in [-0.2, -0.15) is 5.10 Å². The quantitative estimate of drug-likeness (QED) is 0.512. The van der Waals surface area contributed by atoms with Crippen molar-refractivity contribution >= 4 is 16.6 Å². The van der Waals surface area contributed by atoms with Crippen molar-refractivity contribution in [3.63, 3.8) is 0 Å². The third kappa shape index (κ3) is 2.87. The molecule has 6 rings (SSSR count). The van der Waals surface area contributed by atoms with Crippen molar-refractivity contribution in [1.82, 2.24) is 19.5 Å². The van der Waals surface area contributed by atoms with Crippen LogP contribution < -0.4 is 0 Å². The highest BCUT2D eigenvalue weighted by molar-refractivity contribution is 5.84. The summed E-state index contributed by atoms with van der Waals surface area (Å²) >= 11 is 0. The van der Waals surface area contributed by atoms with Gasteiger partial charge < -0.3 is 9.32 Å². The maximum Gasteiger partial charge on any atom is 0.155 e. The summed E-state index contributed by atoms with van der Waals surface area (Å²) in [5.74, 6) is 1.08. The lowest BCUT2D eigenvalue weighted by Crippen LogP contribution is -2.28. The number of hydrogen-bond donors (Lipinski definition) is 0. The first-order valence-corrected chi connectivity index (χ1v) is 10.9. The van der Waals surface area contributed by atoms with Crippen LogP contribution in [0.1, 0.15) is 43.2 Å². The van der Waals surface area contributed by atoms with Crippen LogP contribution in [-0.4, -0.2) is 38.6 Å². The molecule has 0 bridgehead atoms. The molecule has 0 N–H and O–H groups in total. The first-order chi connectivity index (χ1) is 14.3. The van der Waals surface area contributed by atoms with E-state index in [1.54, 1.807) is 0 Å². The summed E-state index contributed by atoms with van der Waals surface area (Å²) in [7, 11) is 0. The number of aryl methyl sites for hydroxylation is 1. The molecule has 148 valence electrons. The minimum Gasteiger partial charge on any atom is -0.461 e. The number of hydrogen-bond acceptors (Lipinski definition) is 4.